The number of halogens is 1. The van der Waals surface area contributed by atoms with Gasteiger partial charge in [-0.15, -0.1) is 0 Å². The van der Waals surface area contributed by atoms with Gasteiger partial charge in [0.2, 0.25) is 0 Å². The van der Waals surface area contributed by atoms with Crippen LogP contribution in [0, 0.1) is 17.2 Å². The molecule has 0 aromatic heterocycles. The highest BCUT2D eigenvalue weighted by Crippen LogP contribution is 2.50. The zero-order valence-electron chi connectivity index (χ0n) is 12.5. The molecule has 1 aromatic carbocycles. The molecular formula is C17H26FNO. The summed E-state index contributed by atoms with van der Waals surface area (Å²) >= 11 is 0. The Bertz CT molecular complexity index is 443. The summed E-state index contributed by atoms with van der Waals surface area (Å²) in [5.41, 5.74) is 5.94. The molecule has 1 saturated carbocycles. The minimum absolute atomic E-state index is 0.206. The van der Waals surface area contributed by atoms with Crippen molar-refractivity contribution >= 4 is 0 Å². The lowest BCUT2D eigenvalue weighted by Gasteiger charge is -2.43. The monoisotopic (exact) mass is 279 g/mol. The Kier molecular flexibility index (Phi) is 4.50. The Labute approximate surface area is 121 Å². The molecule has 0 bridgehead atoms. The molecule has 0 radical (unpaired) electrons. The van der Waals surface area contributed by atoms with Crippen LogP contribution in [0.2, 0.25) is 0 Å². The highest BCUT2D eigenvalue weighted by molar-refractivity contribution is 5.20. The van der Waals surface area contributed by atoms with Crippen molar-refractivity contribution in [1.82, 2.24) is 0 Å². The predicted molar refractivity (Wildman–Crippen MR) is 79.8 cm³/mol. The zero-order valence-corrected chi connectivity index (χ0v) is 12.5. The highest BCUT2D eigenvalue weighted by atomic mass is 19.1. The molecule has 0 saturated heterocycles. The van der Waals surface area contributed by atoms with Gasteiger partial charge in [0.1, 0.15) is 5.82 Å². The number of benzene rings is 1. The molecule has 0 spiro atoms. The standard InChI is InChI=1S/C17H26FNO/c1-3-13-8-9-17(11-13,12-19)16(2,20)10-14-4-6-15(18)7-5-14/h4-7,13,20H,3,8-12,19H2,1-2H3. The fourth-order valence-corrected chi connectivity index (χ4v) is 3.67. The van der Waals surface area contributed by atoms with Gasteiger partial charge < -0.3 is 10.8 Å². The second kappa shape index (κ2) is 5.82. The fourth-order valence-electron chi connectivity index (χ4n) is 3.67. The maximum Gasteiger partial charge on any atom is 0.123 e. The van der Waals surface area contributed by atoms with Gasteiger partial charge in [-0.25, -0.2) is 4.39 Å². The molecule has 0 heterocycles. The SMILES string of the molecule is CCC1CCC(CN)(C(C)(O)Cc2ccc(F)cc2)C1. The Morgan fingerprint density at radius 1 is 1.40 bits per heavy atom. The molecule has 0 amide bonds. The van der Waals surface area contributed by atoms with Crippen LogP contribution in [-0.2, 0) is 6.42 Å². The smallest absolute Gasteiger partial charge is 0.123 e. The van der Waals surface area contributed by atoms with Gasteiger partial charge in [-0.1, -0.05) is 25.5 Å². The van der Waals surface area contributed by atoms with E-state index in [0.29, 0.717) is 18.9 Å². The van der Waals surface area contributed by atoms with Crippen LogP contribution < -0.4 is 5.73 Å². The van der Waals surface area contributed by atoms with E-state index in [9.17, 15) is 9.50 Å². The summed E-state index contributed by atoms with van der Waals surface area (Å²) < 4.78 is 13.0. The number of rotatable bonds is 5. The van der Waals surface area contributed by atoms with E-state index < -0.39 is 5.60 Å². The van der Waals surface area contributed by atoms with E-state index in [4.69, 9.17) is 5.73 Å². The van der Waals surface area contributed by atoms with Gasteiger partial charge in [-0.2, -0.15) is 0 Å². The van der Waals surface area contributed by atoms with Crippen molar-refractivity contribution in [3.63, 3.8) is 0 Å². The lowest BCUT2D eigenvalue weighted by molar-refractivity contribution is -0.0646. The first kappa shape index (κ1) is 15.5. The van der Waals surface area contributed by atoms with E-state index in [0.717, 1.165) is 31.2 Å². The van der Waals surface area contributed by atoms with Gasteiger partial charge in [-0.05, 0) is 49.8 Å². The first-order chi connectivity index (χ1) is 9.42. The fraction of sp³-hybridized carbons (Fsp3) is 0.647. The maximum atomic E-state index is 13.0. The summed E-state index contributed by atoms with van der Waals surface area (Å²) in [6.07, 6.45) is 4.80. The van der Waals surface area contributed by atoms with E-state index in [-0.39, 0.29) is 11.2 Å². The lowest BCUT2D eigenvalue weighted by atomic mass is 9.68. The van der Waals surface area contributed by atoms with Crippen molar-refractivity contribution in [2.24, 2.45) is 17.1 Å². The van der Waals surface area contributed by atoms with Crippen LogP contribution in [-0.4, -0.2) is 17.3 Å². The van der Waals surface area contributed by atoms with Crippen molar-refractivity contribution in [1.29, 1.82) is 0 Å². The Hall–Kier alpha value is -0.930. The molecule has 112 valence electrons. The minimum Gasteiger partial charge on any atom is -0.389 e. The highest BCUT2D eigenvalue weighted by Gasteiger charge is 2.50. The van der Waals surface area contributed by atoms with Crippen molar-refractivity contribution in [3.8, 4) is 0 Å². The summed E-state index contributed by atoms with van der Waals surface area (Å²) in [5, 5.41) is 11.0. The molecule has 20 heavy (non-hydrogen) atoms. The topological polar surface area (TPSA) is 46.2 Å². The third-order valence-corrected chi connectivity index (χ3v) is 5.28. The molecule has 1 aliphatic carbocycles. The summed E-state index contributed by atoms with van der Waals surface area (Å²) in [5.74, 6) is 0.423. The molecule has 3 heteroatoms. The second-order valence-electron chi connectivity index (χ2n) is 6.58. The predicted octanol–water partition coefficient (Wildman–Crippen LogP) is 3.27. The molecule has 0 aliphatic heterocycles. The average molecular weight is 279 g/mol. The van der Waals surface area contributed by atoms with Crippen molar-refractivity contribution < 1.29 is 9.50 Å². The summed E-state index contributed by atoms with van der Waals surface area (Å²) in [6, 6.07) is 6.40. The van der Waals surface area contributed by atoms with Crippen LogP contribution in [0.3, 0.4) is 0 Å². The normalized spacial score (nSPS) is 29.4. The van der Waals surface area contributed by atoms with Crippen molar-refractivity contribution in [2.75, 3.05) is 6.54 Å². The molecule has 2 rings (SSSR count). The summed E-state index contributed by atoms with van der Waals surface area (Å²) in [7, 11) is 0. The number of nitrogens with two attached hydrogens (primary N) is 1. The maximum absolute atomic E-state index is 13.0. The van der Waals surface area contributed by atoms with Gasteiger partial charge >= 0.3 is 0 Å². The van der Waals surface area contributed by atoms with E-state index >= 15 is 0 Å². The van der Waals surface area contributed by atoms with Crippen LogP contribution >= 0.6 is 0 Å². The summed E-state index contributed by atoms with van der Waals surface area (Å²) in [6.45, 7) is 4.60. The first-order valence-electron chi connectivity index (χ1n) is 7.59. The number of hydrogen-bond acceptors (Lipinski definition) is 2. The quantitative estimate of drug-likeness (QED) is 0.869. The molecular weight excluding hydrogens is 253 g/mol. The molecule has 1 fully saturated rings. The number of aliphatic hydroxyl groups is 1. The largest absolute Gasteiger partial charge is 0.389 e. The van der Waals surface area contributed by atoms with E-state index in [1.807, 2.05) is 6.92 Å². The van der Waals surface area contributed by atoms with Gasteiger partial charge in [-0.3, -0.25) is 0 Å². The van der Waals surface area contributed by atoms with Gasteiger partial charge in [0.05, 0.1) is 5.60 Å². The molecule has 1 aliphatic rings. The van der Waals surface area contributed by atoms with Crippen LogP contribution in [0.1, 0.15) is 45.1 Å². The van der Waals surface area contributed by atoms with Crippen LogP contribution in [0.5, 0.6) is 0 Å². The van der Waals surface area contributed by atoms with Crippen LogP contribution in [0.15, 0.2) is 24.3 Å². The van der Waals surface area contributed by atoms with Crippen LogP contribution in [0.4, 0.5) is 4.39 Å². The van der Waals surface area contributed by atoms with E-state index in [1.165, 1.54) is 12.1 Å². The first-order valence-corrected chi connectivity index (χ1v) is 7.59. The molecule has 3 N–H and O–H groups in total. The van der Waals surface area contributed by atoms with Crippen LogP contribution in [0.25, 0.3) is 0 Å². The second-order valence-corrected chi connectivity index (χ2v) is 6.58. The molecule has 2 nitrogen and oxygen atoms in total. The third kappa shape index (κ3) is 2.89. The summed E-state index contributed by atoms with van der Waals surface area (Å²) in [4.78, 5) is 0. The molecule has 1 aromatic rings. The van der Waals surface area contributed by atoms with E-state index in [1.54, 1.807) is 12.1 Å². The van der Waals surface area contributed by atoms with Crippen molar-refractivity contribution in [3.05, 3.63) is 35.6 Å². The number of hydrogen-bond donors (Lipinski definition) is 2. The lowest BCUT2D eigenvalue weighted by Crippen LogP contribution is -2.50. The Balaban J connectivity index is 2.17. The van der Waals surface area contributed by atoms with Crippen molar-refractivity contribution in [2.45, 2.75) is 51.6 Å². The average Bonchev–Trinajstić information content (AvgIpc) is 2.87. The minimum atomic E-state index is -0.844. The van der Waals surface area contributed by atoms with Gasteiger partial charge in [0.25, 0.3) is 0 Å². The van der Waals surface area contributed by atoms with Gasteiger partial charge in [0, 0.05) is 18.4 Å². The Morgan fingerprint density at radius 3 is 2.55 bits per heavy atom. The van der Waals surface area contributed by atoms with Gasteiger partial charge in [0.15, 0.2) is 0 Å². The third-order valence-electron chi connectivity index (χ3n) is 5.28. The zero-order chi connectivity index (χ0) is 14.8. The molecule has 3 atom stereocenters. The molecule has 3 unspecified atom stereocenters. The Morgan fingerprint density at radius 2 is 2.05 bits per heavy atom. The van der Waals surface area contributed by atoms with E-state index in [2.05, 4.69) is 6.92 Å².